The standard InChI is InChI=1S/C21H23N5O/c1-14-6-15(9-22-8-14)10-25-11-16-7-17(13-25)19-3-2-18(20-23-4-5-24-20)21(27)26(19)12-16/h2-6,8-9,16-17H,7,10-13H2,1H3,(H,23,24)/t16-,17+/m0/s1. The second-order valence-corrected chi connectivity index (χ2v) is 7.89. The first-order valence-corrected chi connectivity index (χ1v) is 9.54. The molecule has 0 radical (unpaired) electrons. The van der Waals surface area contributed by atoms with Crippen LogP contribution in [0.1, 0.15) is 29.2 Å². The zero-order valence-electron chi connectivity index (χ0n) is 15.4. The Morgan fingerprint density at radius 2 is 2.15 bits per heavy atom. The number of aromatic amines is 1. The summed E-state index contributed by atoms with van der Waals surface area (Å²) < 4.78 is 1.99. The number of aryl methyl sites for hydroxylation is 1. The first kappa shape index (κ1) is 16.4. The molecule has 0 spiro atoms. The van der Waals surface area contributed by atoms with Crippen molar-refractivity contribution in [3.63, 3.8) is 0 Å². The van der Waals surface area contributed by atoms with E-state index in [2.05, 4.69) is 38.9 Å². The van der Waals surface area contributed by atoms with Crippen LogP contribution < -0.4 is 5.56 Å². The van der Waals surface area contributed by atoms with E-state index in [1.165, 1.54) is 23.2 Å². The molecule has 0 aromatic carbocycles. The molecule has 5 heterocycles. The number of rotatable bonds is 3. The number of fused-ring (bicyclic) bond motifs is 4. The lowest BCUT2D eigenvalue weighted by Crippen LogP contribution is -2.47. The lowest BCUT2D eigenvalue weighted by molar-refractivity contribution is 0.114. The number of piperidine rings is 1. The fraction of sp³-hybridized carbons (Fsp3) is 0.381. The second kappa shape index (κ2) is 6.46. The van der Waals surface area contributed by atoms with Gasteiger partial charge in [-0.1, -0.05) is 6.07 Å². The molecule has 6 nitrogen and oxygen atoms in total. The molecular formula is C21H23N5O. The molecule has 1 saturated heterocycles. The molecule has 5 rings (SSSR count). The molecule has 0 saturated carbocycles. The summed E-state index contributed by atoms with van der Waals surface area (Å²) in [6.45, 7) is 5.82. The number of nitrogens with zero attached hydrogens (tertiary/aromatic N) is 4. The molecule has 3 aromatic heterocycles. The van der Waals surface area contributed by atoms with Crippen LogP contribution in [0.25, 0.3) is 11.4 Å². The smallest absolute Gasteiger partial charge is 0.261 e. The second-order valence-electron chi connectivity index (χ2n) is 7.89. The van der Waals surface area contributed by atoms with Gasteiger partial charge in [0.2, 0.25) is 0 Å². The summed E-state index contributed by atoms with van der Waals surface area (Å²) >= 11 is 0. The van der Waals surface area contributed by atoms with Crippen LogP contribution in [0, 0.1) is 12.8 Å². The molecule has 3 aromatic rings. The third kappa shape index (κ3) is 3.00. The van der Waals surface area contributed by atoms with Crippen molar-refractivity contribution in [2.75, 3.05) is 13.1 Å². The minimum absolute atomic E-state index is 0.0773. The highest BCUT2D eigenvalue weighted by Crippen LogP contribution is 2.36. The number of imidazole rings is 1. The van der Waals surface area contributed by atoms with Gasteiger partial charge < -0.3 is 9.55 Å². The fourth-order valence-electron chi connectivity index (χ4n) is 4.73. The lowest BCUT2D eigenvalue weighted by atomic mass is 9.83. The van der Waals surface area contributed by atoms with Crippen molar-refractivity contribution in [1.82, 2.24) is 24.4 Å². The minimum atomic E-state index is 0.0773. The zero-order valence-corrected chi connectivity index (χ0v) is 15.4. The van der Waals surface area contributed by atoms with Crippen LogP contribution in [0.3, 0.4) is 0 Å². The molecule has 6 heteroatoms. The molecule has 1 fully saturated rings. The average Bonchev–Trinajstić information content (AvgIpc) is 3.17. The normalized spacial score (nSPS) is 21.8. The molecular weight excluding hydrogens is 338 g/mol. The number of hydrogen-bond donors (Lipinski definition) is 1. The van der Waals surface area contributed by atoms with Crippen molar-refractivity contribution in [2.24, 2.45) is 5.92 Å². The van der Waals surface area contributed by atoms with Crippen LogP contribution in [0.4, 0.5) is 0 Å². The lowest BCUT2D eigenvalue weighted by Gasteiger charge is -2.43. The van der Waals surface area contributed by atoms with Gasteiger partial charge in [-0.25, -0.2) is 4.98 Å². The van der Waals surface area contributed by atoms with Crippen molar-refractivity contribution in [2.45, 2.75) is 32.4 Å². The summed E-state index contributed by atoms with van der Waals surface area (Å²) in [5.74, 6) is 1.58. The van der Waals surface area contributed by atoms with Crippen LogP contribution in [0.5, 0.6) is 0 Å². The van der Waals surface area contributed by atoms with Crippen LogP contribution >= 0.6 is 0 Å². The summed E-state index contributed by atoms with van der Waals surface area (Å²) in [5, 5.41) is 0. The van der Waals surface area contributed by atoms with Crippen LogP contribution in [0.2, 0.25) is 0 Å². The highest BCUT2D eigenvalue weighted by molar-refractivity contribution is 5.53. The maximum absolute atomic E-state index is 13.0. The van der Waals surface area contributed by atoms with E-state index in [-0.39, 0.29) is 5.56 Å². The highest BCUT2D eigenvalue weighted by Gasteiger charge is 2.35. The van der Waals surface area contributed by atoms with Gasteiger partial charge in [-0.05, 0) is 42.5 Å². The molecule has 0 aliphatic carbocycles. The van der Waals surface area contributed by atoms with Gasteiger partial charge in [0.1, 0.15) is 5.82 Å². The third-order valence-electron chi connectivity index (χ3n) is 5.77. The first-order chi connectivity index (χ1) is 13.2. The van der Waals surface area contributed by atoms with E-state index in [0.29, 0.717) is 23.2 Å². The van der Waals surface area contributed by atoms with Crippen molar-refractivity contribution < 1.29 is 0 Å². The molecule has 0 unspecified atom stereocenters. The number of hydrogen-bond acceptors (Lipinski definition) is 4. The average molecular weight is 361 g/mol. The van der Waals surface area contributed by atoms with E-state index >= 15 is 0 Å². The van der Waals surface area contributed by atoms with Gasteiger partial charge in [-0.2, -0.15) is 0 Å². The number of H-pyrrole nitrogens is 1. The predicted molar refractivity (Wildman–Crippen MR) is 103 cm³/mol. The molecule has 2 atom stereocenters. The van der Waals surface area contributed by atoms with Crippen molar-refractivity contribution in [3.8, 4) is 11.4 Å². The predicted octanol–water partition coefficient (Wildman–Crippen LogP) is 2.56. The van der Waals surface area contributed by atoms with E-state index in [1.807, 2.05) is 23.0 Å². The maximum atomic E-state index is 13.0. The number of aromatic nitrogens is 4. The van der Waals surface area contributed by atoms with Gasteiger partial charge in [-0.15, -0.1) is 0 Å². The summed E-state index contributed by atoms with van der Waals surface area (Å²) in [4.78, 5) is 27.2. The fourth-order valence-corrected chi connectivity index (χ4v) is 4.73. The Morgan fingerprint density at radius 3 is 2.96 bits per heavy atom. The van der Waals surface area contributed by atoms with E-state index < -0.39 is 0 Å². The quantitative estimate of drug-likeness (QED) is 0.779. The summed E-state index contributed by atoms with van der Waals surface area (Å²) in [5.41, 5.74) is 4.37. The Kier molecular flexibility index (Phi) is 3.93. The summed E-state index contributed by atoms with van der Waals surface area (Å²) in [6.07, 6.45) is 8.47. The third-order valence-corrected chi connectivity index (χ3v) is 5.77. The van der Waals surface area contributed by atoms with Crippen LogP contribution in [0.15, 0.2) is 47.8 Å². The zero-order chi connectivity index (χ0) is 18.4. The highest BCUT2D eigenvalue weighted by atomic mass is 16.1. The van der Waals surface area contributed by atoms with Gasteiger partial charge in [0.25, 0.3) is 5.56 Å². The van der Waals surface area contributed by atoms with E-state index in [1.54, 1.807) is 12.4 Å². The Labute approximate surface area is 157 Å². The maximum Gasteiger partial charge on any atom is 0.261 e. The molecule has 0 amide bonds. The van der Waals surface area contributed by atoms with Gasteiger partial charge in [-0.3, -0.25) is 14.7 Å². The SMILES string of the molecule is Cc1cncc(CN2C[C@@H]3C[C@H](C2)c2ccc(-c4ncc[nH]4)c(=O)n2C3)c1. The monoisotopic (exact) mass is 361 g/mol. The van der Waals surface area contributed by atoms with Gasteiger partial charge in [0.05, 0.1) is 5.56 Å². The number of nitrogens with one attached hydrogen (secondary N) is 1. The van der Waals surface area contributed by atoms with Crippen molar-refractivity contribution in [3.05, 3.63) is 70.2 Å². The van der Waals surface area contributed by atoms with Gasteiger partial charge in [0, 0.05) is 62.6 Å². The Hall–Kier alpha value is -2.73. The van der Waals surface area contributed by atoms with Gasteiger partial charge >= 0.3 is 0 Å². The Balaban J connectivity index is 1.43. The summed E-state index contributed by atoms with van der Waals surface area (Å²) in [7, 11) is 0. The number of pyridine rings is 2. The summed E-state index contributed by atoms with van der Waals surface area (Å²) in [6, 6.07) is 6.26. The minimum Gasteiger partial charge on any atom is -0.344 e. The van der Waals surface area contributed by atoms with Gasteiger partial charge in [0.15, 0.2) is 0 Å². The van der Waals surface area contributed by atoms with Crippen molar-refractivity contribution in [1.29, 1.82) is 0 Å². The first-order valence-electron chi connectivity index (χ1n) is 9.54. The number of likely N-dealkylation sites (tertiary alicyclic amines) is 1. The Morgan fingerprint density at radius 1 is 1.22 bits per heavy atom. The topological polar surface area (TPSA) is 66.8 Å². The molecule has 27 heavy (non-hydrogen) atoms. The van der Waals surface area contributed by atoms with Crippen molar-refractivity contribution >= 4 is 0 Å². The van der Waals surface area contributed by atoms with Crippen LogP contribution in [-0.4, -0.2) is 37.5 Å². The van der Waals surface area contributed by atoms with E-state index in [9.17, 15) is 4.79 Å². The molecule has 2 aliphatic rings. The molecule has 2 aliphatic heterocycles. The van der Waals surface area contributed by atoms with E-state index in [0.717, 1.165) is 26.2 Å². The molecule has 1 N–H and O–H groups in total. The van der Waals surface area contributed by atoms with E-state index in [4.69, 9.17) is 0 Å². The molecule has 138 valence electrons. The van der Waals surface area contributed by atoms with Crippen LogP contribution in [-0.2, 0) is 13.1 Å². The largest absolute Gasteiger partial charge is 0.344 e. The molecule has 2 bridgehead atoms. The Bertz CT molecular complexity index is 1020.